The molecule has 0 amide bonds. The predicted molar refractivity (Wildman–Crippen MR) is 134 cm³/mol. The van der Waals surface area contributed by atoms with Gasteiger partial charge in [-0.1, -0.05) is 53.2 Å². The molecule has 0 unspecified atom stereocenters. The van der Waals surface area contributed by atoms with Gasteiger partial charge >= 0.3 is 0 Å². The van der Waals surface area contributed by atoms with Crippen molar-refractivity contribution >= 4 is 6.29 Å². The second-order valence-corrected chi connectivity index (χ2v) is 14.0. The summed E-state index contributed by atoms with van der Waals surface area (Å²) in [4.78, 5) is 13.0. The van der Waals surface area contributed by atoms with Gasteiger partial charge in [0, 0.05) is 17.3 Å². The highest BCUT2D eigenvalue weighted by molar-refractivity contribution is 5.62. The third-order valence-corrected chi connectivity index (χ3v) is 12.7. The lowest BCUT2D eigenvalue weighted by atomic mass is 9.45. The highest BCUT2D eigenvalue weighted by Gasteiger charge is 2.67. The first-order valence-electron chi connectivity index (χ1n) is 14.1. The van der Waals surface area contributed by atoms with Crippen molar-refractivity contribution in [2.45, 2.75) is 105 Å². The average molecular weight is 473 g/mol. The maximum Gasteiger partial charge on any atom is 0.126 e. The van der Waals surface area contributed by atoms with Crippen LogP contribution in [-0.2, 0) is 4.79 Å². The topological polar surface area (TPSA) is 77.8 Å². The van der Waals surface area contributed by atoms with Crippen LogP contribution in [0.4, 0.5) is 0 Å². The summed E-state index contributed by atoms with van der Waals surface area (Å²) in [6.07, 6.45) is 7.56. The van der Waals surface area contributed by atoms with Crippen molar-refractivity contribution in [3.63, 3.8) is 0 Å². The van der Waals surface area contributed by atoms with E-state index in [0.29, 0.717) is 54.3 Å². The normalized spacial score (nSPS) is 53.9. The lowest BCUT2D eigenvalue weighted by Gasteiger charge is -2.60. The van der Waals surface area contributed by atoms with E-state index in [9.17, 15) is 20.1 Å². The number of hydrogen-bond acceptors (Lipinski definition) is 4. The summed E-state index contributed by atoms with van der Waals surface area (Å²) in [7, 11) is 0. The molecular formula is C30H48O4. The number of aldehydes is 1. The second kappa shape index (κ2) is 8.15. The predicted octanol–water partition coefficient (Wildman–Crippen LogP) is 5.00. The SMILES string of the molecule is CC(C)[C@@H](C)[C@@]1(C)C[C@@H]1[C@@H](C)[C@H]1CC[C@H]2[C@@H]3CC=C4C[C@@H](O)C[C@H](O)[C@]4(C)[C@@H]3[C@H](O)C[C@]12C=O. The van der Waals surface area contributed by atoms with Crippen molar-refractivity contribution in [1.29, 1.82) is 0 Å². The molecule has 0 heterocycles. The van der Waals surface area contributed by atoms with Gasteiger partial charge in [-0.15, -0.1) is 0 Å². The lowest BCUT2D eigenvalue weighted by molar-refractivity contribution is -0.167. The zero-order chi connectivity index (χ0) is 24.8. The minimum atomic E-state index is -0.644. The highest BCUT2D eigenvalue weighted by atomic mass is 16.3. The molecule has 4 nitrogen and oxygen atoms in total. The van der Waals surface area contributed by atoms with Crippen LogP contribution in [0.1, 0.15) is 86.5 Å². The molecule has 0 aliphatic heterocycles. The molecule has 5 aliphatic carbocycles. The number of allylic oxidation sites excluding steroid dienone is 1. The molecule has 4 saturated carbocycles. The maximum absolute atomic E-state index is 13.0. The molecule has 0 aromatic carbocycles. The monoisotopic (exact) mass is 472 g/mol. The third-order valence-electron chi connectivity index (χ3n) is 12.7. The number of hydrogen-bond donors (Lipinski definition) is 3. The van der Waals surface area contributed by atoms with Gasteiger partial charge in [0.2, 0.25) is 0 Å². The lowest BCUT2D eigenvalue weighted by Crippen LogP contribution is -2.61. The molecule has 0 saturated heterocycles. The van der Waals surface area contributed by atoms with Crippen LogP contribution >= 0.6 is 0 Å². The van der Waals surface area contributed by atoms with E-state index in [1.54, 1.807) is 0 Å². The van der Waals surface area contributed by atoms with Crippen molar-refractivity contribution in [1.82, 2.24) is 0 Å². The van der Waals surface area contributed by atoms with Gasteiger partial charge in [0.15, 0.2) is 0 Å². The highest BCUT2D eigenvalue weighted by Crippen LogP contribution is 2.70. The summed E-state index contributed by atoms with van der Waals surface area (Å²) >= 11 is 0. The van der Waals surface area contributed by atoms with Gasteiger partial charge in [0.25, 0.3) is 0 Å². The Morgan fingerprint density at radius 3 is 2.38 bits per heavy atom. The van der Waals surface area contributed by atoms with E-state index in [2.05, 4.69) is 47.6 Å². The van der Waals surface area contributed by atoms with Crippen LogP contribution in [0.15, 0.2) is 11.6 Å². The summed E-state index contributed by atoms with van der Waals surface area (Å²) < 4.78 is 0. The molecule has 0 aromatic heterocycles. The molecule has 3 N–H and O–H groups in total. The van der Waals surface area contributed by atoms with E-state index in [0.717, 1.165) is 24.8 Å². The summed E-state index contributed by atoms with van der Waals surface area (Å²) in [6.45, 7) is 14.0. The number of fused-ring (bicyclic) bond motifs is 5. The van der Waals surface area contributed by atoms with Crippen LogP contribution in [0.2, 0.25) is 0 Å². The van der Waals surface area contributed by atoms with Gasteiger partial charge in [-0.05, 0) is 91.3 Å². The van der Waals surface area contributed by atoms with Crippen LogP contribution in [0.3, 0.4) is 0 Å². The molecule has 0 aromatic rings. The number of aliphatic hydroxyl groups is 3. The van der Waals surface area contributed by atoms with Gasteiger partial charge < -0.3 is 20.1 Å². The molecule has 34 heavy (non-hydrogen) atoms. The quantitative estimate of drug-likeness (QED) is 0.389. The van der Waals surface area contributed by atoms with Crippen molar-refractivity contribution in [3.8, 4) is 0 Å². The van der Waals surface area contributed by atoms with Crippen molar-refractivity contribution in [2.75, 3.05) is 0 Å². The standard InChI is InChI=1S/C30H48O4/c1-16(2)18(4)28(5)13-24(28)17(3)22-9-10-23-21-8-7-19-11-20(32)12-26(34)29(19,6)27(21)25(33)14-30(22,23)15-31/h7,15-18,20-27,32-34H,8-14H2,1-6H3/t17-,18+,20+,21-,22+,23-,24+,25+,26-,27-,28+,29+,30-/m0/s1. The van der Waals surface area contributed by atoms with E-state index in [1.807, 2.05) is 0 Å². The molecule has 4 heteroatoms. The summed E-state index contributed by atoms with van der Waals surface area (Å²) in [6, 6.07) is 0. The Balaban J connectivity index is 1.44. The summed E-state index contributed by atoms with van der Waals surface area (Å²) in [5, 5.41) is 33.1. The Hall–Kier alpha value is -0.710. The number of rotatable bonds is 5. The third kappa shape index (κ3) is 3.23. The van der Waals surface area contributed by atoms with E-state index >= 15 is 0 Å². The molecule has 0 bridgehead atoms. The number of carbonyl (C=O) groups is 1. The van der Waals surface area contributed by atoms with Crippen LogP contribution in [-0.4, -0.2) is 39.9 Å². The van der Waals surface area contributed by atoms with E-state index < -0.39 is 29.1 Å². The Bertz CT molecular complexity index is 851. The molecule has 4 fully saturated rings. The first-order chi connectivity index (χ1) is 15.9. The smallest absolute Gasteiger partial charge is 0.126 e. The van der Waals surface area contributed by atoms with E-state index in [-0.39, 0.29) is 17.8 Å². The molecular weight excluding hydrogens is 424 g/mol. The van der Waals surface area contributed by atoms with Crippen molar-refractivity contribution < 1.29 is 20.1 Å². The van der Waals surface area contributed by atoms with Crippen LogP contribution in [0, 0.1) is 63.6 Å². The Morgan fingerprint density at radius 2 is 1.74 bits per heavy atom. The number of carbonyl (C=O) groups excluding carboxylic acids is 1. The van der Waals surface area contributed by atoms with Crippen LogP contribution in [0.25, 0.3) is 0 Å². The first kappa shape index (κ1) is 25.0. The van der Waals surface area contributed by atoms with Crippen molar-refractivity contribution in [3.05, 3.63) is 11.6 Å². The van der Waals surface area contributed by atoms with Crippen LogP contribution < -0.4 is 0 Å². The summed E-state index contributed by atoms with van der Waals surface area (Å²) in [5.74, 6) is 3.32. The second-order valence-electron chi connectivity index (χ2n) is 14.0. The van der Waals surface area contributed by atoms with Crippen molar-refractivity contribution in [2.24, 2.45) is 63.6 Å². The Labute approximate surface area is 206 Å². The zero-order valence-corrected chi connectivity index (χ0v) is 22.2. The fraction of sp³-hybridized carbons (Fsp3) is 0.900. The first-order valence-corrected chi connectivity index (χ1v) is 14.1. The average Bonchev–Trinajstić information content (AvgIpc) is 3.33. The fourth-order valence-corrected chi connectivity index (χ4v) is 10.3. The molecule has 0 spiro atoms. The van der Waals surface area contributed by atoms with Gasteiger partial charge in [0.05, 0.1) is 18.3 Å². The molecule has 0 radical (unpaired) electrons. The van der Waals surface area contributed by atoms with Gasteiger partial charge in [-0.25, -0.2) is 0 Å². The molecule has 5 aliphatic rings. The van der Waals surface area contributed by atoms with Gasteiger partial charge in [-0.2, -0.15) is 0 Å². The molecule has 192 valence electrons. The van der Waals surface area contributed by atoms with E-state index in [4.69, 9.17) is 0 Å². The summed E-state index contributed by atoms with van der Waals surface area (Å²) in [5.41, 5.74) is 0.555. The fourth-order valence-electron chi connectivity index (χ4n) is 10.3. The zero-order valence-electron chi connectivity index (χ0n) is 22.2. The largest absolute Gasteiger partial charge is 0.393 e. The minimum Gasteiger partial charge on any atom is -0.393 e. The van der Waals surface area contributed by atoms with Gasteiger partial charge in [-0.3, -0.25) is 0 Å². The Morgan fingerprint density at radius 1 is 1.03 bits per heavy atom. The molecule has 13 atom stereocenters. The Kier molecular flexibility index (Phi) is 5.98. The van der Waals surface area contributed by atoms with Crippen LogP contribution in [0.5, 0.6) is 0 Å². The molecule has 5 rings (SSSR count). The van der Waals surface area contributed by atoms with E-state index in [1.165, 1.54) is 12.7 Å². The maximum atomic E-state index is 13.0. The minimum absolute atomic E-state index is 0.0331. The van der Waals surface area contributed by atoms with Gasteiger partial charge in [0.1, 0.15) is 6.29 Å². The number of aliphatic hydroxyl groups excluding tert-OH is 3.